The average Bonchev–Trinajstić information content (AvgIpc) is 3.59. The smallest absolute Gasteiger partial charge is 0.231 e. The van der Waals surface area contributed by atoms with E-state index in [1.807, 2.05) is 30.5 Å². The third-order valence-corrected chi connectivity index (χ3v) is 6.88. The average molecular weight is 433 g/mol. The van der Waals surface area contributed by atoms with Crippen LogP contribution in [0.25, 0.3) is 0 Å². The highest BCUT2D eigenvalue weighted by Gasteiger charge is 2.43. The highest BCUT2D eigenvalue weighted by atomic mass is 32.1. The Morgan fingerprint density at radius 2 is 1.87 bits per heavy atom. The first-order chi connectivity index (χ1) is 15.3. The van der Waals surface area contributed by atoms with Crippen molar-refractivity contribution < 1.29 is 9.47 Å². The summed E-state index contributed by atoms with van der Waals surface area (Å²) in [5.41, 5.74) is 3.23. The van der Waals surface area contributed by atoms with E-state index >= 15 is 0 Å². The lowest BCUT2D eigenvalue weighted by Gasteiger charge is -2.30. The molecule has 4 heterocycles. The van der Waals surface area contributed by atoms with E-state index in [2.05, 4.69) is 50.2 Å². The summed E-state index contributed by atoms with van der Waals surface area (Å²) in [5, 5.41) is 4.25. The van der Waals surface area contributed by atoms with Gasteiger partial charge in [-0.25, -0.2) is 0 Å². The van der Waals surface area contributed by atoms with E-state index in [9.17, 15) is 0 Å². The number of rotatable bonds is 4. The Morgan fingerprint density at radius 1 is 1.00 bits per heavy atom. The van der Waals surface area contributed by atoms with Crippen molar-refractivity contribution in [2.75, 3.05) is 11.7 Å². The molecule has 6 nitrogen and oxygen atoms in total. The summed E-state index contributed by atoms with van der Waals surface area (Å²) in [6.07, 6.45) is 9.10. The number of ether oxygens (including phenoxy) is 2. The maximum absolute atomic E-state index is 5.86. The normalized spacial score (nSPS) is 22.8. The number of thiocarbonyl (C=S) groups is 1. The van der Waals surface area contributed by atoms with Crippen LogP contribution in [0.2, 0.25) is 0 Å². The third kappa shape index (κ3) is 3.15. The minimum Gasteiger partial charge on any atom is -0.454 e. The Morgan fingerprint density at radius 3 is 2.71 bits per heavy atom. The lowest BCUT2D eigenvalue weighted by Crippen LogP contribution is -2.30. The van der Waals surface area contributed by atoms with Crippen LogP contribution in [0.5, 0.6) is 11.5 Å². The van der Waals surface area contributed by atoms with Crippen LogP contribution < -0.4 is 19.7 Å². The molecule has 2 aliphatic heterocycles. The van der Waals surface area contributed by atoms with Gasteiger partial charge in [-0.15, -0.1) is 0 Å². The van der Waals surface area contributed by atoms with Crippen LogP contribution in [-0.2, 0) is 0 Å². The Bertz CT molecular complexity index is 1110. The molecule has 0 spiro atoms. The number of hydrogen-bond acceptors (Lipinski definition) is 4. The lowest BCUT2D eigenvalue weighted by atomic mass is 10.00. The minimum absolute atomic E-state index is 0.0154. The van der Waals surface area contributed by atoms with Gasteiger partial charge >= 0.3 is 0 Å². The van der Waals surface area contributed by atoms with Gasteiger partial charge in [-0.1, -0.05) is 18.9 Å². The van der Waals surface area contributed by atoms with Crippen molar-refractivity contribution >= 4 is 23.0 Å². The van der Waals surface area contributed by atoms with Crippen molar-refractivity contribution in [2.24, 2.45) is 0 Å². The second kappa shape index (κ2) is 7.57. The summed E-state index contributed by atoms with van der Waals surface area (Å²) in [6.45, 7) is 0.256. The van der Waals surface area contributed by atoms with Gasteiger partial charge < -0.3 is 24.3 Å². The molecule has 3 aromatic rings. The molecular weight excluding hydrogens is 408 g/mol. The van der Waals surface area contributed by atoms with Gasteiger partial charge in [0.15, 0.2) is 16.6 Å². The number of hydrogen-bond donors (Lipinski definition) is 1. The van der Waals surface area contributed by atoms with Crippen molar-refractivity contribution in [1.29, 1.82) is 0 Å². The minimum atomic E-state index is -0.0471. The predicted octanol–water partition coefficient (Wildman–Crippen LogP) is 4.90. The molecule has 1 N–H and O–H groups in total. The monoisotopic (exact) mass is 432 g/mol. The van der Waals surface area contributed by atoms with E-state index in [4.69, 9.17) is 21.7 Å². The highest BCUT2D eigenvalue weighted by molar-refractivity contribution is 7.80. The molecular formula is C24H24N4O2S. The molecule has 1 saturated carbocycles. The van der Waals surface area contributed by atoms with Crippen LogP contribution >= 0.6 is 12.2 Å². The van der Waals surface area contributed by atoms with Gasteiger partial charge in [0, 0.05) is 35.9 Å². The number of nitrogens with zero attached hydrogens (tertiary/aromatic N) is 3. The molecule has 1 aromatic carbocycles. The lowest BCUT2D eigenvalue weighted by molar-refractivity contribution is 0.174. The van der Waals surface area contributed by atoms with Crippen molar-refractivity contribution in [2.45, 2.75) is 43.8 Å². The van der Waals surface area contributed by atoms with Crippen molar-refractivity contribution in [3.8, 4) is 11.5 Å². The largest absolute Gasteiger partial charge is 0.454 e. The van der Waals surface area contributed by atoms with E-state index in [-0.39, 0.29) is 18.9 Å². The Hall–Kier alpha value is -3.06. The fourth-order valence-electron chi connectivity index (χ4n) is 5.14. The summed E-state index contributed by atoms with van der Waals surface area (Å²) in [6, 6.07) is 16.9. The van der Waals surface area contributed by atoms with Crippen LogP contribution in [0.3, 0.4) is 0 Å². The quantitative estimate of drug-likeness (QED) is 0.592. The van der Waals surface area contributed by atoms with Gasteiger partial charge in [-0.05, 0) is 61.5 Å². The van der Waals surface area contributed by atoms with Crippen LogP contribution in [0.1, 0.15) is 55.2 Å². The van der Waals surface area contributed by atoms with Gasteiger partial charge in [0.05, 0.1) is 11.7 Å². The maximum atomic E-state index is 5.86. The molecule has 7 heteroatoms. The van der Waals surface area contributed by atoms with Crippen LogP contribution in [-0.4, -0.2) is 21.5 Å². The van der Waals surface area contributed by atoms with E-state index in [0.717, 1.165) is 22.9 Å². The molecule has 2 fully saturated rings. The van der Waals surface area contributed by atoms with E-state index in [1.165, 1.54) is 31.4 Å². The van der Waals surface area contributed by atoms with Crippen LogP contribution in [0.15, 0.2) is 60.9 Å². The standard InChI is InChI=1S/C24H24N4O2S/c31-24-26-22(18-8-3-4-12-25-18)23(19-9-5-13-27(19)16-6-1-2-7-16)28(24)17-10-11-20-21(14-17)30-15-29-20/h3-5,8-14,16,22-23H,1-2,6-7,15H2,(H,26,31)/t22-,23-/m1/s1. The second-order valence-corrected chi connectivity index (χ2v) is 8.70. The summed E-state index contributed by atoms with van der Waals surface area (Å²) >= 11 is 5.86. The summed E-state index contributed by atoms with van der Waals surface area (Å²) in [5.74, 6) is 1.53. The highest BCUT2D eigenvalue weighted by Crippen LogP contribution is 2.45. The molecule has 0 bridgehead atoms. The molecule has 0 amide bonds. The fraction of sp³-hybridized carbons (Fsp3) is 0.333. The molecule has 6 rings (SSSR count). The summed E-state index contributed by atoms with van der Waals surface area (Å²) < 4.78 is 13.6. The predicted molar refractivity (Wildman–Crippen MR) is 122 cm³/mol. The van der Waals surface area contributed by atoms with Crippen molar-refractivity contribution in [1.82, 2.24) is 14.9 Å². The molecule has 3 aliphatic rings. The molecule has 0 unspecified atom stereocenters. The van der Waals surface area contributed by atoms with Crippen molar-refractivity contribution in [3.05, 3.63) is 72.3 Å². The van der Waals surface area contributed by atoms with Gasteiger partial charge in [-0.2, -0.15) is 0 Å². The van der Waals surface area contributed by atoms with Crippen LogP contribution in [0.4, 0.5) is 5.69 Å². The first-order valence-electron chi connectivity index (χ1n) is 10.9. The first-order valence-corrected chi connectivity index (χ1v) is 11.3. The van der Waals surface area contributed by atoms with E-state index in [1.54, 1.807) is 0 Å². The summed E-state index contributed by atoms with van der Waals surface area (Å²) in [4.78, 5) is 6.87. The van der Waals surface area contributed by atoms with Crippen LogP contribution in [0, 0.1) is 0 Å². The fourth-order valence-corrected chi connectivity index (χ4v) is 5.49. The third-order valence-electron chi connectivity index (χ3n) is 6.57. The topological polar surface area (TPSA) is 51.6 Å². The second-order valence-electron chi connectivity index (χ2n) is 8.31. The van der Waals surface area contributed by atoms with Gasteiger partial charge in [0.25, 0.3) is 0 Å². The molecule has 2 atom stereocenters. The van der Waals surface area contributed by atoms with E-state index < -0.39 is 0 Å². The number of aromatic nitrogens is 2. The van der Waals surface area contributed by atoms with Gasteiger partial charge in [0.1, 0.15) is 6.04 Å². The van der Waals surface area contributed by atoms with Gasteiger partial charge in [0.2, 0.25) is 6.79 Å². The zero-order valence-electron chi connectivity index (χ0n) is 17.1. The number of anilines is 1. The molecule has 1 aliphatic carbocycles. The Kier molecular flexibility index (Phi) is 4.56. The maximum Gasteiger partial charge on any atom is 0.231 e. The molecule has 0 radical (unpaired) electrons. The summed E-state index contributed by atoms with van der Waals surface area (Å²) in [7, 11) is 0. The molecule has 158 valence electrons. The van der Waals surface area contributed by atoms with Crippen molar-refractivity contribution in [3.63, 3.8) is 0 Å². The molecule has 2 aromatic heterocycles. The number of pyridine rings is 1. The molecule has 1 saturated heterocycles. The van der Waals surface area contributed by atoms with Gasteiger partial charge in [-0.3, -0.25) is 4.98 Å². The zero-order valence-corrected chi connectivity index (χ0v) is 17.9. The SMILES string of the molecule is S=C1N[C@H](c2ccccn2)[C@@H](c2cccn2C2CCCC2)N1c1ccc2c(c1)OCO2. The Balaban J connectivity index is 1.47. The molecule has 31 heavy (non-hydrogen) atoms. The number of benzene rings is 1. The zero-order chi connectivity index (χ0) is 20.8. The number of fused-ring (bicyclic) bond motifs is 1. The van der Waals surface area contributed by atoms with E-state index in [0.29, 0.717) is 11.2 Å². The first kappa shape index (κ1) is 18.7. The number of nitrogens with one attached hydrogen (secondary N) is 1. The Labute approximate surface area is 186 Å².